The molecule has 2 aromatic rings. The molecule has 2 aliphatic carbocycles. The molecule has 0 radical (unpaired) electrons. The van der Waals surface area contributed by atoms with Crippen molar-refractivity contribution in [2.45, 2.75) is 74.8 Å². The lowest BCUT2D eigenvalue weighted by Gasteiger charge is -2.34. The van der Waals surface area contributed by atoms with Gasteiger partial charge in [0.15, 0.2) is 5.69 Å². The summed E-state index contributed by atoms with van der Waals surface area (Å²) in [7, 11) is 0. The number of nitrogens with zero attached hydrogens (tertiary/aromatic N) is 4. The number of alkyl halides is 3. The topological polar surface area (TPSA) is 129 Å². The quantitative estimate of drug-likeness (QED) is 0.554. The lowest BCUT2D eigenvalue weighted by Crippen LogP contribution is -2.51. The zero-order valence-electron chi connectivity index (χ0n) is 22.6. The molecule has 3 amide bonds. The first kappa shape index (κ1) is 26.9. The molecular formula is C29H29F3N6O4. The van der Waals surface area contributed by atoms with Crippen LogP contribution in [0.15, 0.2) is 24.3 Å². The van der Waals surface area contributed by atoms with Crippen LogP contribution in [0.5, 0.6) is 0 Å². The Kier molecular flexibility index (Phi) is 6.31. The first-order valence-electron chi connectivity index (χ1n) is 14.4. The van der Waals surface area contributed by atoms with Crippen LogP contribution in [0.25, 0.3) is 0 Å². The van der Waals surface area contributed by atoms with E-state index in [1.54, 1.807) is 9.58 Å². The molecule has 10 nitrogen and oxygen atoms in total. The van der Waals surface area contributed by atoms with Gasteiger partial charge < -0.3 is 20.3 Å². The number of nitrogens with one attached hydrogen (secondary N) is 2. The monoisotopic (exact) mass is 582 g/mol. The molecule has 3 aliphatic heterocycles. The van der Waals surface area contributed by atoms with Crippen LogP contribution in [-0.4, -0.2) is 63.7 Å². The Hall–Kier alpha value is -3.92. The highest BCUT2D eigenvalue weighted by Crippen LogP contribution is 2.52. The van der Waals surface area contributed by atoms with Gasteiger partial charge in [-0.1, -0.05) is 6.07 Å². The number of amides is 3. The minimum absolute atomic E-state index is 0.0139. The predicted molar refractivity (Wildman–Crippen MR) is 140 cm³/mol. The van der Waals surface area contributed by atoms with E-state index in [0.29, 0.717) is 49.8 Å². The molecule has 2 saturated heterocycles. The lowest BCUT2D eigenvalue weighted by atomic mass is 9.83. The fraction of sp³-hybridized carbons (Fsp3) is 0.552. The maximum Gasteiger partial charge on any atom is 0.416 e. The van der Waals surface area contributed by atoms with E-state index in [-0.39, 0.29) is 35.2 Å². The van der Waals surface area contributed by atoms with Crippen molar-refractivity contribution in [3.8, 4) is 6.07 Å². The van der Waals surface area contributed by atoms with E-state index in [0.717, 1.165) is 37.5 Å². The van der Waals surface area contributed by atoms with E-state index >= 15 is 0 Å². The number of carbonyl (C=O) groups excluding carboxylic acids is 3. The van der Waals surface area contributed by atoms with Gasteiger partial charge in [0, 0.05) is 36.3 Å². The SMILES string of the molecule is N#C[C@@H]1C[C@H]2C[C@H]2N1C(=O)c1nn(C2CCOCC2)c2c1[C@@H](C1CC1)[C@@H](NC(=O)c1cccc(C(F)(F)F)c1)C(=O)N2. The molecule has 0 unspecified atom stereocenters. The van der Waals surface area contributed by atoms with Crippen LogP contribution >= 0.6 is 0 Å². The van der Waals surface area contributed by atoms with Crippen LogP contribution in [0.3, 0.4) is 0 Å². The van der Waals surface area contributed by atoms with Gasteiger partial charge in [-0.05, 0) is 68.6 Å². The molecule has 0 bridgehead atoms. The number of hydrogen-bond donors (Lipinski definition) is 2. The standard InChI is InChI=1S/C29H29F3N6O4/c30-29(31,32)17-3-1-2-15(10-17)26(39)34-23-21(14-4-5-14)22-24(28(41)37-19(13-33)11-16-12-20(16)37)36-38(25(22)35-27(23)40)18-6-8-42-9-7-18/h1-3,10,14,16,18-21,23H,4-9,11-12H2,(H,34,39)(H,35,40)/t16-,19-,20+,21+,23+/m0/s1. The van der Waals surface area contributed by atoms with Gasteiger partial charge >= 0.3 is 6.18 Å². The average Bonchev–Trinajstić information content (AvgIpc) is 3.90. The Bertz CT molecular complexity index is 1510. The second-order valence-corrected chi connectivity index (χ2v) is 11.9. The largest absolute Gasteiger partial charge is 0.416 e. The molecule has 1 aromatic carbocycles. The number of halogens is 3. The Morgan fingerprint density at radius 1 is 1.12 bits per heavy atom. The number of anilines is 1. The zero-order valence-corrected chi connectivity index (χ0v) is 22.6. The molecule has 4 fully saturated rings. The van der Waals surface area contributed by atoms with Gasteiger partial charge in [0.05, 0.1) is 17.7 Å². The molecule has 0 spiro atoms. The van der Waals surface area contributed by atoms with Crippen LogP contribution < -0.4 is 10.6 Å². The Morgan fingerprint density at radius 2 is 1.88 bits per heavy atom. The van der Waals surface area contributed by atoms with Crippen molar-refractivity contribution in [3.05, 3.63) is 46.6 Å². The molecule has 2 N–H and O–H groups in total. The van der Waals surface area contributed by atoms with Gasteiger partial charge in [-0.3, -0.25) is 14.4 Å². The molecule has 42 heavy (non-hydrogen) atoms. The highest BCUT2D eigenvalue weighted by atomic mass is 19.4. The van der Waals surface area contributed by atoms with Gasteiger partial charge in [-0.15, -0.1) is 0 Å². The maximum atomic E-state index is 14.1. The summed E-state index contributed by atoms with van der Waals surface area (Å²) in [6.07, 6.45) is -0.376. The highest BCUT2D eigenvalue weighted by molar-refractivity contribution is 6.06. The summed E-state index contributed by atoms with van der Waals surface area (Å²) in [6.45, 7) is 1.01. The third-order valence-electron chi connectivity index (χ3n) is 9.26. The van der Waals surface area contributed by atoms with Crippen LogP contribution in [0, 0.1) is 23.2 Å². The summed E-state index contributed by atoms with van der Waals surface area (Å²) in [5, 5.41) is 20.1. The second-order valence-electron chi connectivity index (χ2n) is 11.9. The van der Waals surface area contributed by atoms with Crippen molar-refractivity contribution in [1.29, 1.82) is 5.26 Å². The average molecular weight is 583 g/mol. The van der Waals surface area contributed by atoms with Gasteiger partial charge in [0.2, 0.25) is 5.91 Å². The van der Waals surface area contributed by atoms with Crippen molar-refractivity contribution in [3.63, 3.8) is 0 Å². The zero-order chi connectivity index (χ0) is 29.3. The van der Waals surface area contributed by atoms with Crippen molar-refractivity contribution in [2.24, 2.45) is 11.8 Å². The van der Waals surface area contributed by atoms with Gasteiger partial charge in [0.25, 0.3) is 11.8 Å². The predicted octanol–water partition coefficient (Wildman–Crippen LogP) is 3.62. The van der Waals surface area contributed by atoms with Crippen LogP contribution in [0.2, 0.25) is 0 Å². The van der Waals surface area contributed by atoms with E-state index in [4.69, 9.17) is 9.84 Å². The number of hydrogen-bond acceptors (Lipinski definition) is 6. The van der Waals surface area contributed by atoms with Crippen molar-refractivity contribution >= 4 is 23.5 Å². The number of piperidine rings is 1. The van der Waals surface area contributed by atoms with E-state index < -0.39 is 41.6 Å². The van der Waals surface area contributed by atoms with Crippen LogP contribution in [-0.2, 0) is 15.7 Å². The number of rotatable bonds is 5. The number of ether oxygens (including phenoxy) is 1. The molecule has 1 aromatic heterocycles. The van der Waals surface area contributed by atoms with Gasteiger partial charge in [0.1, 0.15) is 17.9 Å². The second kappa shape index (κ2) is 9.83. The van der Waals surface area contributed by atoms with Gasteiger partial charge in [-0.25, -0.2) is 4.68 Å². The van der Waals surface area contributed by atoms with Crippen molar-refractivity contribution in [1.82, 2.24) is 20.0 Å². The minimum Gasteiger partial charge on any atom is -0.381 e. The molecule has 7 rings (SSSR count). The Balaban J connectivity index is 1.28. The lowest BCUT2D eigenvalue weighted by molar-refractivity contribution is -0.137. The number of nitriles is 1. The first-order chi connectivity index (χ1) is 20.2. The van der Waals surface area contributed by atoms with Crippen LogP contribution in [0.4, 0.5) is 19.0 Å². The van der Waals surface area contributed by atoms with Gasteiger partial charge in [-0.2, -0.15) is 23.5 Å². The molecule has 2 saturated carbocycles. The summed E-state index contributed by atoms with van der Waals surface area (Å²) < 4.78 is 47.2. The molecule has 5 atom stereocenters. The number of carbonyl (C=O) groups is 3. The van der Waals surface area contributed by atoms with E-state index in [1.807, 2.05) is 0 Å². The fourth-order valence-corrected chi connectivity index (χ4v) is 6.93. The van der Waals surface area contributed by atoms with Crippen molar-refractivity contribution in [2.75, 3.05) is 18.5 Å². The Labute approximate surface area is 239 Å². The number of aromatic nitrogens is 2. The molecule has 13 heteroatoms. The molecule has 4 heterocycles. The Morgan fingerprint density at radius 3 is 2.57 bits per heavy atom. The summed E-state index contributed by atoms with van der Waals surface area (Å²) in [5.74, 6) is -1.61. The van der Waals surface area contributed by atoms with E-state index in [1.165, 1.54) is 6.07 Å². The molecule has 220 valence electrons. The van der Waals surface area contributed by atoms with Crippen molar-refractivity contribution < 1.29 is 32.3 Å². The number of fused-ring (bicyclic) bond motifs is 2. The number of likely N-dealkylation sites (tertiary alicyclic amines) is 1. The van der Waals surface area contributed by atoms with Crippen LogP contribution in [0.1, 0.15) is 82.5 Å². The summed E-state index contributed by atoms with van der Waals surface area (Å²) in [6, 6.07) is 4.48. The third kappa shape index (κ3) is 4.52. The van der Waals surface area contributed by atoms with E-state index in [2.05, 4.69) is 16.7 Å². The summed E-state index contributed by atoms with van der Waals surface area (Å²) in [4.78, 5) is 42.6. The smallest absolute Gasteiger partial charge is 0.381 e. The fourth-order valence-electron chi connectivity index (χ4n) is 6.93. The van der Waals surface area contributed by atoms with E-state index in [9.17, 15) is 32.8 Å². The first-order valence-corrected chi connectivity index (χ1v) is 14.4. The number of benzene rings is 1. The molecular weight excluding hydrogens is 553 g/mol. The summed E-state index contributed by atoms with van der Waals surface area (Å²) in [5.41, 5.74) is -0.491. The highest BCUT2D eigenvalue weighted by Gasteiger charge is 2.56. The third-order valence-corrected chi connectivity index (χ3v) is 9.26. The maximum absolute atomic E-state index is 14.1. The minimum atomic E-state index is -4.63. The normalized spacial score (nSPS) is 28.9. The summed E-state index contributed by atoms with van der Waals surface area (Å²) >= 11 is 0. The molecule has 5 aliphatic rings.